The number of nitrogens with zero attached hydrogens (tertiary/aromatic N) is 4. The molecule has 3 saturated heterocycles. The molecule has 0 saturated carbocycles. The van der Waals surface area contributed by atoms with Gasteiger partial charge < -0.3 is 45.1 Å². The standard InChI is InChI=1S/C19H25N3O2.C19H27N3O.C17H24N2O2/c1-24-18-14-17(21-16-9-4-3-8-15(16)18)19(23)20-10-7-13-22-11-5-2-6-12-22;1-14-15(2)21-18-16(14)8-6-9-17(18)19(23)20-10-7-13-22-11-4-3-5-12-22;20-17(15-5-6-16-14(13-15)7-12-21-16)18-8-4-11-19-9-2-1-3-10-19/h3-4,8-9,14H,2,5-7,10-13H2,1H3,(H,20,23);6,8-9,21H,3-5,7,10-13H2,1-2H3,(H,20,23);5-6,13H,1-4,7-12H2,(H,18,20). The second kappa shape index (κ2) is 26.3. The molecule has 0 bridgehead atoms. The largest absolute Gasteiger partial charge is 0.496 e. The number of aryl methyl sites for hydroxylation is 2. The Morgan fingerprint density at radius 2 is 1.21 bits per heavy atom. The van der Waals surface area contributed by atoms with E-state index in [0.29, 0.717) is 18.0 Å². The molecule has 4 aliphatic heterocycles. The van der Waals surface area contributed by atoms with E-state index in [-0.39, 0.29) is 17.7 Å². The molecule has 0 radical (unpaired) electrons. The second-order valence-electron chi connectivity index (χ2n) is 18.8. The first kappa shape index (κ1) is 50.4. The summed E-state index contributed by atoms with van der Waals surface area (Å²) >= 11 is 0. The van der Waals surface area contributed by atoms with E-state index in [1.807, 2.05) is 54.6 Å². The van der Waals surface area contributed by atoms with Crippen molar-refractivity contribution in [3.8, 4) is 11.5 Å². The molecular formula is C55H76N8O5. The molecule has 0 spiro atoms. The van der Waals surface area contributed by atoms with E-state index in [1.54, 1.807) is 13.2 Å². The number of piperidine rings is 3. The van der Waals surface area contributed by atoms with Crippen molar-refractivity contribution in [2.24, 2.45) is 0 Å². The molecule has 3 fully saturated rings. The molecule has 13 heteroatoms. The normalized spacial score (nSPS) is 16.4. The van der Waals surface area contributed by atoms with Gasteiger partial charge in [0.25, 0.3) is 17.7 Å². The van der Waals surface area contributed by atoms with Crippen LogP contribution in [0.4, 0.5) is 0 Å². The molecule has 4 N–H and O–H groups in total. The van der Waals surface area contributed by atoms with Crippen molar-refractivity contribution in [2.75, 3.05) is 92.3 Å². The highest BCUT2D eigenvalue weighted by Gasteiger charge is 2.18. The summed E-state index contributed by atoms with van der Waals surface area (Å²) < 4.78 is 10.9. The summed E-state index contributed by atoms with van der Waals surface area (Å²) in [7, 11) is 1.61. The van der Waals surface area contributed by atoms with Gasteiger partial charge >= 0.3 is 0 Å². The predicted molar refractivity (Wildman–Crippen MR) is 273 cm³/mol. The fraction of sp³-hybridized carbons (Fsp3) is 0.527. The number of hydrogen-bond acceptors (Lipinski definition) is 9. The molecule has 3 amide bonds. The minimum Gasteiger partial charge on any atom is -0.496 e. The van der Waals surface area contributed by atoms with E-state index in [2.05, 4.69) is 60.5 Å². The lowest BCUT2D eigenvalue weighted by atomic mass is 10.1. The number of fused-ring (bicyclic) bond motifs is 3. The zero-order chi connectivity index (χ0) is 47.5. The monoisotopic (exact) mass is 929 g/mol. The molecule has 366 valence electrons. The van der Waals surface area contributed by atoms with E-state index in [0.717, 1.165) is 115 Å². The van der Waals surface area contributed by atoms with Gasteiger partial charge in [0, 0.05) is 54.2 Å². The number of aromatic nitrogens is 2. The number of carbonyl (C=O) groups is 3. The van der Waals surface area contributed by atoms with E-state index < -0.39 is 0 Å². The highest BCUT2D eigenvalue weighted by atomic mass is 16.5. The maximum Gasteiger partial charge on any atom is 0.270 e. The Bertz CT molecular complexity index is 2400. The molecule has 68 heavy (non-hydrogen) atoms. The van der Waals surface area contributed by atoms with Gasteiger partial charge in [0.2, 0.25) is 0 Å². The van der Waals surface area contributed by atoms with Gasteiger partial charge in [-0.25, -0.2) is 4.98 Å². The van der Waals surface area contributed by atoms with Crippen LogP contribution in [0.3, 0.4) is 0 Å². The summed E-state index contributed by atoms with van der Waals surface area (Å²) in [6.07, 6.45) is 15.9. The van der Waals surface area contributed by atoms with Crippen LogP contribution in [0.1, 0.15) is 125 Å². The Hall–Kier alpha value is -5.50. The number of carbonyl (C=O) groups excluding carboxylic acids is 3. The van der Waals surface area contributed by atoms with Crippen molar-refractivity contribution >= 4 is 39.5 Å². The molecule has 4 aliphatic rings. The number of benzene rings is 3. The SMILES string of the molecule is COc1cc(C(=O)NCCCN2CCCCC2)nc2ccccc12.Cc1[nH]c2c(C(=O)NCCCN3CCCCC3)cccc2c1C.O=C(NCCCN1CCCCC1)c1ccc2c(c1)CCO2. The fourth-order valence-corrected chi connectivity index (χ4v) is 9.78. The summed E-state index contributed by atoms with van der Waals surface area (Å²) in [6, 6.07) is 21.1. The Morgan fingerprint density at radius 1 is 0.647 bits per heavy atom. The number of nitrogens with one attached hydrogen (secondary N) is 4. The molecule has 2 aromatic heterocycles. The number of H-pyrrole nitrogens is 1. The van der Waals surface area contributed by atoms with Crippen LogP contribution in [-0.2, 0) is 6.42 Å². The number of amides is 3. The molecular weight excluding hydrogens is 853 g/mol. The second-order valence-corrected chi connectivity index (χ2v) is 18.8. The van der Waals surface area contributed by atoms with E-state index >= 15 is 0 Å². The van der Waals surface area contributed by atoms with Gasteiger partial charge in [0.05, 0.1) is 30.3 Å². The van der Waals surface area contributed by atoms with Crippen molar-refractivity contribution in [2.45, 2.75) is 97.3 Å². The van der Waals surface area contributed by atoms with Crippen molar-refractivity contribution in [1.82, 2.24) is 40.6 Å². The van der Waals surface area contributed by atoms with Crippen molar-refractivity contribution in [3.63, 3.8) is 0 Å². The third kappa shape index (κ3) is 14.5. The minimum atomic E-state index is -0.141. The maximum absolute atomic E-state index is 12.5. The van der Waals surface area contributed by atoms with E-state index in [4.69, 9.17) is 9.47 Å². The van der Waals surface area contributed by atoms with Gasteiger partial charge in [0.1, 0.15) is 17.2 Å². The Balaban J connectivity index is 0.000000151. The average molecular weight is 929 g/mol. The summed E-state index contributed by atoms with van der Waals surface area (Å²) in [5.74, 6) is 1.52. The number of hydrogen-bond donors (Lipinski definition) is 4. The zero-order valence-electron chi connectivity index (χ0n) is 41.1. The number of aromatic amines is 1. The van der Waals surface area contributed by atoms with Gasteiger partial charge in [-0.05, 0) is 178 Å². The number of rotatable bonds is 16. The first-order valence-electron chi connectivity index (χ1n) is 25.6. The van der Waals surface area contributed by atoms with Crippen LogP contribution in [-0.4, -0.2) is 135 Å². The molecule has 6 heterocycles. The van der Waals surface area contributed by atoms with Gasteiger partial charge in [-0.3, -0.25) is 14.4 Å². The fourth-order valence-electron chi connectivity index (χ4n) is 9.78. The number of pyridine rings is 1. The maximum atomic E-state index is 12.5. The van der Waals surface area contributed by atoms with Crippen LogP contribution in [0.2, 0.25) is 0 Å². The number of ether oxygens (including phenoxy) is 2. The van der Waals surface area contributed by atoms with Gasteiger partial charge in [-0.1, -0.05) is 43.5 Å². The van der Waals surface area contributed by atoms with Crippen LogP contribution in [0, 0.1) is 13.8 Å². The van der Waals surface area contributed by atoms with Crippen molar-refractivity contribution in [1.29, 1.82) is 0 Å². The van der Waals surface area contributed by atoms with Crippen LogP contribution in [0.15, 0.2) is 66.7 Å². The highest BCUT2D eigenvalue weighted by molar-refractivity contribution is 6.06. The summed E-state index contributed by atoms with van der Waals surface area (Å²) in [5.41, 5.74) is 7.13. The van der Waals surface area contributed by atoms with Gasteiger partial charge in [0.15, 0.2) is 0 Å². The summed E-state index contributed by atoms with van der Waals surface area (Å²) in [4.78, 5) is 52.3. The third-order valence-corrected chi connectivity index (χ3v) is 13.8. The molecule has 9 rings (SSSR count). The number of likely N-dealkylation sites (tertiary alicyclic amines) is 3. The molecule has 3 aromatic carbocycles. The average Bonchev–Trinajstić information content (AvgIpc) is 3.98. The van der Waals surface area contributed by atoms with Crippen LogP contribution in [0.25, 0.3) is 21.8 Å². The van der Waals surface area contributed by atoms with Gasteiger partial charge in [-0.15, -0.1) is 0 Å². The molecule has 13 nitrogen and oxygen atoms in total. The molecule has 5 aromatic rings. The zero-order valence-corrected chi connectivity index (χ0v) is 41.1. The van der Waals surface area contributed by atoms with Gasteiger partial charge in [-0.2, -0.15) is 0 Å². The molecule has 0 unspecified atom stereocenters. The van der Waals surface area contributed by atoms with Crippen LogP contribution >= 0.6 is 0 Å². The topological polar surface area (TPSA) is 144 Å². The summed E-state index contributed by atoms with van der Waals surface area (Å²) in [5, 5.41) is 11.1. The lowest BCUT2D eigenvalue weighted by Crippen LogP contribution is -2.33. The van der Waals surface area contributed by atoms with Crippen LogP contribution in [0.5, 0.6) is 11.5 Å². The third-order valence-electron chi connectivity index (χ3n) is 13.8. The predicted octanol–water partition coefficient (Wildman–Crippen LogP) is 8.47. The molecule has 0 aliphatic carbocycles. The lowest BCUT2D eigenvalue weighted by molar-refractivity contribution is 0.0939. The van der Waals surface area contributed by atoms with Crippen molar-refractivity contribution in [3.05, 3.63) is 100 Å². The van der Waals surface area contributed by atoms with Crippen molar-refractivity contribution < 1.29 is 23.9 Å². The quantitative estimate of drug-likeness (QED) is 0.0717. The Labute approximate surface area is 404 Å². The first-order valence-corrected chi connectivity index (χ1v) is 25.6. The summed E-state index contributed by atoms with van der Waals surface area (Å²) in [6.45, 7) is 17.5. The first-order chi connectivity index (χ1) is 33.3. The number of methoxy groups -OCH3 is 1. The Kier molecular flexibility index (Phi) is 19.5. The lowest BCUT2D eigenvalue weighted by Gasteiger charge is -2.26. The van der Waals surface area contributed by atoms with E-state index in [9.17, 15) is 14.4 Å². The minimum absolute atomic E-state index is 0.0236. The number of para-hydroxylation sites is 2. The Morgan fingerprint density at radius 3 is 1.81 bits per heavy atom. The molecule has 0 atom stereocenters. The highest BCUT2D eigenvalue weighted by Crippen LogP contribution is 2.27. The smallest absolute Gasteiger partial charge is 0.270 e. The van der Waals surface area contributed by atoms with E-state index in [1.165, 1.54) is 103 Å². The van der Waals surface area contributed by atoms with Crippen LogP contribution < -0.4 is 25.4 Å².